The van der Waals surface area contributed by atoms with Gasteiger partial charge >= 0.3 is 5.97 Å². The molecule has 0 bridgehead atoms. The Bertz CT molecular complexity index is 810. The van der Waals surface area contributed by atoms with Crippen LogP contribution in [0.25, 0.3) is 0 Å². The average Bonchev–Trinajstić information content (AvgIpc) is 2.81. The van der Waals surface area contributed by atoms with Gasteiger partial charge in [-0.2, -0.15) is 24.4 Å². The van der Waals surface area contributed by atoms with Gasteiger partial charge in [0.05, 0.1) is 12.6 Å². The van der Waals surface area contributed by atoms with E-state index in [-0.39, 0.29) is 31.2 Å². The van der Waals surface area contributed by atoms with Gasteiger partial charge in [-0.15, -0.1) is 0 Å². The van der Waals surface area contributed by atoms with Crippen molar-refractivity contribution in [3.63, 3.8) is 0 Å². The van der Waals surface area contributed by atoms with Gasteiger partial charge in [0, 0.05) is 12.3 Å². The van der Waals surface area contributed by atoms with Crippen LogP contribution in [0.5, 0.6) is 0 Å². The number of thiol groups is 1. The van der Waals surface area contributed by atoms with Gasteiger partial charge in [-0.3, -0.25) is 14.4 Å². The van der Waals surface area contributed by atoms with E-state index in [9.17, 15) is 24.3 Å². The van der Waals surface area contributed by atoms with Crippen molar-refractivity contribution in [2.45, 2.75) is 44.8 Å². The zero-order valence-corrected chi connectivity index (χ0v) is 21.6. The monoisotopic (exact) mass is 512 g/mol. The van der Waals surface area contributed by atoms with Crippen LogP contribution in [-0.4, -0.2) is 82.7 Å². The van der Waals surface area contributed by atoms with E-state index in [1.807, 2.05) is 36.6 Å². The maximum atomic E-state index is 13.4. The Morgan fingerprint density at radius 2 is 1.79 bits per heavy atom. The molecule has 0 saturated carbocycles. The van der Waals surface area contributed by atoms with E-state index in [1.165, 1.54) is 16.7 Å². The van der Waals surface area contributed by atoms with E-state index in [4.69, 9.17) is 5.73 Å². The quantitative estimate of drug-likeness (QED) is 0.219. The van der Waals surface area contributed by atoms with E-state index < -0.39 is 41.8 Å². The molecule has 11 heteroatoms. The summed E-state index contributed by atoms with van der Waals surface area (Å²) in [7, 11) is 0. The lowest BCUT2D eigenvalue weighted by Crippen LogP contribution is -2.57. The molecular weight excluding hydrogens is 476 g/mol. The summed E-state index contributed by atoms with van der Waals surface area (Å²) >= 11 is 5.51. The first-order valence-electron chi connectivity index (χ1n) is 11.1. The van der Waals surface area contributed by atoms with Crippen molar-refractivity contribution < 1.29 is 24.3 Å². The Balaban J connectivity index is 3.04. The summed E-state index contributed by atoms with van der Waals surface area (Å²) in [6.45, 7) is 3.46. The van der Waals surface area contributed by atoms with Gasteiger partial charge in [0.2, 0.25) is 17.7 Å². The number of amides is 3. The number of carboxylic acid groups (broad SMARTS) is 1. The predicted octanol–water partition coefficient (Wildman–Crippen LogP) is 0.778. The van der Waals surface area contributed by atoms with Gasteiger partial charge < -0.3 is 26.4 Å². The van der Waals surface area contributed by atoms with E-state index in [0.29, 0.717) is 12.2 Å². The van der Waals surface area contributed by atoms with Gasteiger partial charge in [-0.25, -0.2) is 4.79 Å². The molecule has 5 N–H and O–H groups in total. The molecule has 0 heterocycles. The number of hydrogen-bond acceptors (Lipinski definition) is 7. The molecule has 34 heavy (non-hydrogen) atoms. The zero-order chi connectivity index (χ0) is 25.7. The molecule has 1 aromatic carbocycles. The third kappa shape index (κ3) is 10.4. The Hall–Kier alpha value is -2.24. The van der Waals surface area contributed by atoms with Crippen molar-refractivity contribution in [2.24, 2.45) is 11.7 Å². The number of carbonyl (C=O) groups is 4. The van der Waals surface area contributed by atoms with Crippen LogP contribution >= 0.6 is 24.4 Å². The van der Waals surface area contributed by atoms with Crippen molar-refractivity contribution in [1.82, 2.24) is 15.5 Å². The fourth-order valence-electron chi connectivity index (χ4n) is 3.14. The first-order chi connectivity index (χ1) is 16.1. The standard InChI is InChI=1S/C23H36N4O5S2/c1-15(2)20(26-21(29)17(24)14-33)22(30)27(11-9-16-7-5-4-6-8-16)13-19(28)25-18(23(31)32)10-12-34-3/h4-8,15,17-18,20,33H,9-14,24H2,1-3H3,(H,25,28)(H,26,29)(H,31,32). The Labute approximate surface area is 211 Å². The maximum Gasteiger partial charge on any atom is 0.326 e. The lowest BCUT2D eigenvalue weighted by molar-refractivity contribution is -0.143. The molecule has 190 valence electrons. The molecule has 0 spiro atoms. The summed E-state index contributed by atoms with van der Waals surface area (Å²) in [6, 6.07) is 6.67. The van der Waals surface area contributed by atoms with E-state index in [1.54, 1.807) is 13.8 Å². The SMILES string of the molecule is CSCCC(NC(=O)CN(CCc1ccccc1)C(=O)C(NC(=O)C(N)CS)C(C)C)C(=O)O. The molecule has 0 fully saturated rings. The second-order valence-electron chi connectivity index (χ2n) is 8.25. The van der Waals surface area contributed by atoms with Gasteiger partial charge in [-0.1, -0.05) is 44.2 Å². The molecule has 0 aromatic heterocycles. The van der Waals surface area contributed by atoms with Gasteiger partial charge in [0.25, 0.3) is 0 Å². The van der Waals surface area contributed by atoms with E-state index in [2.05, 4.69) is 23.3 Å². The molecule has 3 amide bonds. The van der Waals surface area contributed by atoms with Crippen LogP contribution in [0.3, 0.4) is 0 Å². The number of carboxylic acids is 1. The number of carbonyl (C=O) groups excluding carboxylic acids is 3. The van der Waals surface area contributed by atoms with E-state index >= 15 is 0 Å². The zero-order valence-electron chi connectivity index (χ0n) is 19.9. The van der Waals surface area contributed by atoms with Crippen LogP contribution in [0.1, 0.15) is 25.8 Å². The Morgan fingerprint density at radius 1 is 1.15 bits per heavy atom. The van der Waals surface area contributed by atoms with E-state index in [0.717, 1.165) is 5.56 Å². The molecule has 0 radical (unpaired) electrons. The van der Waals surface area contributed by atoms with Crippen LogP contribution in [0.15, 0.2) is 30.3 Å². The molecule has 3 unspecified atom stereocenters. The lowest BCUT2D eigenvalue weighted by Gasteiger charge is -2.30. The van der Waals surface area contributed by atoms with Crippen LogP contribution in [0.2, 0.25) is 0 Å². The maximum absolute atomic E-state index is 13.4. The second kappa shape index (κ2) is 15.6. The first-order valence-corrected chi connectivity index (χ1v) is 13.1. The fraction of sp³-hybridized carbons (Fsp3) is 0.565. The fourth-order valence-corrected chi connectivity index (χ4v) is 3.77. The second-order valence-corrected chi connectivity index (χ2v) is 9.61. The lowest BCUT2D eigenvalue weighted by atomic mass is 10.0. The normalized spacial score (nSPS) is 13.6. The number of rotatable bonds is 15. The molecule has 9 nitrogen and oxygen atoms in total. The van der Waals surface area contributed by atoms with Crippen molar-refractivity contribution >= 4 is 48.1 Å². The molecule has 3 atom stereocenters. The van der Waals surface area contributed by atoms with Crippen LogP contribution in [0.4, 0.5) is 0 Å². The average molecular weight is 513 g/mol. The number of hydrogen-bond donors (Lipinski definition) is 5. The summed E-state index contributed by atoms with van der Waals surface area (Å²) in [5, 5.41) is 14.6. The summed E-state index contributed by atoms with van der Waals surface area (Å²) in [4.78, 5) is 51.4. The molecule has 0 aliphatic rings. The van der Waals surface area contributed by atoms with Crippen LogP contribution in [0, 0.1) is 5.92 Å². The minimum absolute atomic E-state index is 0.123. The molecule has 1 aromatic rings. The Kier molecular flexibility index (Phi) is 13.7. The molecule has 1 rings (SSSR count). The predicted molar refractivity (Wildman–Crippen MR) is 138 cm³/mol. The minimum atomic E-state index is -1.13. The highest BCUT2D eigenvalue weighted by atomic mass is 32.2. The number of nitrogens with two attached hydrogens (primary N) is 1. The molecular formula is C23H36N4O5S2. The number of aliphatic carboxylic acids is 1. The summed E-state index contributed by atoms with van der Waals surface area (Å²) in [6.07, 6.45) is 2.61. The number of benzene rings is 1. The first kappa shape index (κ1) is 29.8. The number of nitrogens with zero attached hydrogens (tertiary/aromatic N) is 1. The summed E-state index contributed by atoms with van der Waals surface area (Å²) < 4.78 is 0. The third-order valence-corrected chi connectivity index (χ3v) is 6.20. The highest BCUT2D eigenvalue weighted by molar-refractivity contribution is 7.98. The third-order valence-electron chi connectivity index (χ3n) is 5.17. The van der Waals surface area contributed by atoms with Crippen molar-refractivity contribution in [3.05, 3.63) is 35.9 Å². The van der Waals surface area contributed by atoms with Gasteiger partial charge in [-0.05, 0) is 36.3 Å². The van der Waals surface area contributed by atoms with Crippen LogP contribution in [-0.2, 0) is 25.6 Å². The van der Waals surface area contributed by atoms with Crippen molar-refractivity contribution in [1.29, 1.82) is 0 Å². The molecule has 0 aliphatic carbocycles. The minimum Gasteiger partial charge on any atom is -0.480 e. The van der Waals surface area contributed by atoms with Crippen LogP contribution < -0.4 is 16.4 Å². The van der Waals surface area contributed by atoms with Crippen molar-refractivity contribution in [3.8, 4) is 0 Å². The summed E-state index contributed by atoms with van der Waals surface area (Å²) in [5.74, 6) is -2.21. The number of nitrogens with one attached hydrogen (secondary N) is 2. The Morgan fingerprint density at radius 3 is 2.32 bits per heavy atom. The smallest absolute Gasteiger partial charge is 0.326 e. The number of thioether (sulfide) groups is 1. The summed E-state index contributed by atoms with van der Waals surface area (Å²) in [5.41, 5.74) is 6.72. The molecule has 0 aliphatic heterocycles. The van der Waals surface area contributed by atoms with Gasteiger partial charge in [0.15, 0.2) is 0 Å². The highest BCUT2D eigenvalue weighted by Crippen LogP contribution is 2.10. The highest BCUT2D eigenvalue weighted by Gasteiger charge is 2.31. The topological polar surface area (TPSA) is 142 Å². The largest absolute Gasteiger partial charge is 0.480 e. The van der Waals surface area contributed by atoms with Crippen molar-refractivity contribution in [2.75, 3.05) is 30.9 Å². The van der Waals surface area contributed by atoms with Gasteiger partial charge in [0.1, 0.15) is 12.1 Å². The molecule has 0 saturated heterocycles.